The average molecular weight is 398 g/mol. The molecular weight excluding hydrogens is 382 g/mol. The number of benzene rings is 1. The highest BCUT2D eigenvalue weighted by molar-refractivity contribution is 6.30. The molecule has 0 spiro atoms. The van der Waals surface area contributed by atoms with Crippen LogP contribution < -0.4 is 10.6 Å². The van der Waals surface area contributed by atoms with E-state index < -0.39 is 43.1 Å². The molecule has 1 fully saturated rings. The molecule has 3 rings (SSSR count). The summed E-state index contributed by atoms with van der Waals surface area (Å²) < 4.78 is 6.30. The number of anilines is 1. The number of aliphatic hydroxyl groups is 3. The number of hydrogen-bond acceptors (Lipinski definition) is 8. The molecule has 0 saturated carbocycles. The number of carbonyl (C=O) groups excluding carboxylic acids is 2. The van der Waals surface area contributed by atoms with Crippen LogP contribution in [0.2, 0.25) is 5.02 Å². The molecule has 1 saturated heterocycles. The van der Waals surface area contributed by atoms with Crippen LogP contribution in [0.1, 0.15) is 16.7 Å². The van der Waals surface area contributed by atoms with E-state index in [1.165, 1.54) is 0 Å². The van der Waals surface area contributed by atoms with Gasteiger partial charge in [0.15, 0.2) is 11.9 Å². The van der Waals surface area contributed by atoms with E-state index in [0.717, 1.165) is 10.9 Å². The van der Waals surface area contributed by atoms with Crippen LogP contribution in [-0.2, 0) is 4.74 Å². The molecule has 11 nitrogen and oxygen atoms in total. The maximum Gasteiger partial charge on any atom is 0.326 e. The second-order valence-electron chi connectivity index (χ2n) is 5.73. The SMILES string of the molecule is O=C(NC(=O)c1cn(C2OC(CO)C(O)C2O)nn1)Nc1ccc(Cl)cc1. The quantitative estimate of drug-likeness (QED) is 0.462. The molecule has 1 aromatic carbocycles. The number of aromatic nitrogens is 3. The van der Waals surface area contributed by atoms with Gasteiger partial charge in [0.1, 0.15) is 18.3 Å². The molecular formula is C15H16ClN5O6. The first-order valence-corrected chi connectivity index (χ1v) is 8.19. The van der Waals surface area contributed by atoms with Crippen molar-refractivity contribution in [3.63, 3.8) is 0 Å². The van der Waals surface area contributed by atoms with E-state index in [1.54, 1.807) is 24.3 Å². The summed E-state index contributed by atoms with van der Waals surface area (Å²) in [5.74, 6) is -0.834. The summed E-state index contributed by atoms with van der Waals surface area (Å²) in [4.78, 5) is 24.0. The number of nitrogens with zero attached hydrogens (tertiary/aromatic N) is 3. The van der Waals surface area contributed by atoms with E-state index in [4.69, 9.17) is 21.4 Å². The first-order chi connectivity index (χ1) is 12.9. The monoisotopic (exact) mass is 397 g/mol. The van der Waals surface area contributed by atoms with Crippen molar-refractivity contribution in [2.45, 2.75) is 24.5 Å². The van der Waals surface area contributed by atoms with E-state index in [0.29, 0.717) is 10.7 Å². The maximum atomic E-state index is 12.1. The van der Waals surface area contributed by atoms with Crippen molar-refractivity contribution < 1.29 is 29.6 Å². The molecule has 144 valence electrons. The smallest absolute Gasteiger partial charge is 0.326 e. The van der Waals surface area contributed by atoms with Gasteiger partial charge >= 0.3 is 6.03 Å². The van der Waals surface area contributed by atoms with Crippen LogP contribution in [0.5, 0.6) is 0 Å². The number of halogens is 1. The molecule has 1 aromatic heterocycles. The zero-order valence-electron chi connectivity index (χ0n) is 13.7. The fourth-order valence-corrected chi connectivity index (χ4v) is 2.59. The molecule has 2 heterocycles. The summed E-state index contributed by atoms with van der Waals surface area (Å²) in [5.41, 5.74) is 0.221. The average Bonchev–Trinajstić information content (AvgIpc) is 3.23. The Hall–Kier alpha value is -2.57. The minimum absolute atomic E-state index is 0.209. The fourth-order valence-electron chi connectivity index (χ4n) is 2.47. The van der Waals surface area contributed by atoms with E-state index in [2.05, 4.69) is 20.9 Å². The van der Waals surface area contributed by atoms with Gasteiger partial charge < -0.3 is 25.4 Å². The Morgan fingerprint density at radius 3 is 2.56 bits per heavy atom. The van der Waals surface area contributed by atoms with Gasteiger partial charge in [-0.1, -0.05) is 16.8 Å². The normalized spacial score (nSPS) is 24.6. The first kappa shape index (κ1) is 19.2. The summed E-state index contributed by atoms with van der Waals surface area (Å²) in [6, 6.07) is 5.48. The number of hydrogen-bond donors (Lipinski definition) is 5. The van der Waals surface area contributed by atoms with Gasteiger partial charge in [-0.05, 0) is 24.3 Å². The van der Waals surface area contributed by atoms with Crippen LogP contribution in [-0.4, -0.2) is 67.2 Å². The molecule has 27 heavy (non-hydrogen) atoms. The van der Waals surface area contributed by atoms with Crippen molar-refractivity contribution >= 4 is 29.2 Å². The molecule has 12 heteroatoms. The molecule has 4 unspecified atom stereocenters. The number of nitrogens with one attached hydrogen (secondary N) is 2. The Morgan fingerprint density at radius 1 is 1.22 bits per heavy atom. The number of aliphatic hydroxyl groups excluding tert-OH is 3. The highest BCUT2D eigenvalue weighted by Crippen LogP contribution is 2.28. The number of rotatable bonds is 4. The van der Waals surface area contributed by atoms with Crippen molar-refractivity contribution in [1.29, 1.82) is 0 Å². The molecule has 1 aliphatic rings. The molecule has 4 atom stereocenters. The first-order valence-electron chi connectivity index (χ1n) is 7.81. The van der Waals surface area contributed by atoms with Gasteiger partial charge in [-0.15, -0.1) is 5.10 Å². The number of amides is 3. The van der Waals surface area contributed by atoms with E-state index >= 15 is 0 Å². The van der Waals surface area contributed by atoms with Crippen LogP contribution in [0.25, 0.3) is 0 Å². The highest BCUT2D eigenvalue weighted by atomic mass is 35.5. The molecule has 0 radical (unpaired) electrons. The zero-order valence-corrected chi connectivity index (χ0v) is 14.4. The van der Waals surface area contributed by atoms with Crippen LogP contribution in [0.15, 0.2) is 30.5 Å². The standard InChI is InChI=1S/C15H16ClN5O6/c16-7-1-3-8(4-2-7)17-15(26)18-13(25)9-5-21(20-19-9)14-12(24)11(23)10(6-22)27-14/h1-5,10-12,14,22-24H,6H2,(H2,17,18,25,26). The molecule has 3 amide bonds. The van der Waals surface area contributed by atoms with Crippen LogP contribution in [0.4, 0.5) is 10.5 Å². The predicted octanol–water partition coefficient (Wildman–Crippen LogP) is -0.495. The van der Waals surface area contributed by atoms with Crippen LogP contribution in [0, 0.1) is 0 Å². The van der Waals surface area contributed by atoms with Crippen LogP contribution in [0.3, 0.4) is 0 Å². The lowest BCUT2D eigenvalue weighted by Crippen LogP contribution is -2.34. The Morgan fingerprint density at radius 2 is 1.93 bits per heavy atom. The Bertz CT molecular complexity index is 828. The Labute approximate surface area is 157 Å². The minimum Gasteiger partial charge on any atom is -0.394 e. The third-order valence-electron chi connectivity index (χ3n) is 3.85. The minimum atomic E-state index is -1.37. The largest absolute Gasteiger partial charge is 0.394 e. The molecule has 0 aliphatic carbocycles. The fraction of sp³-hybridized carbons (Fsp3) is 0.333. The number of urea groups is 1. The van der Waals surface area contributed by atoms with Gasteiger partial charge in [-0.3, -0.25) is 10.1 Å². The van der Waals surface area contributed by atoms with Gasteiger partial charge in [-0.25, -0.2) is 9.48 Å². The van der Waals surface area contributed by atoms with E-state index in [9.17, 15) is 19.8 Å². The summed E-state index contributed by atoms with van der Waals surface area (Å²) in [5, 5.41) is 41.1. The molecule has 1 aliphatic heterocycles. The number of ether oxygens (including phenoxy) is 1. The zero-order chi connectivity index (χ0) is 19.6. The van der Waals surface area contributed by atoms with Gasteiger partial charge in [0, 0.05) is 10.7 Å². The lowest BCUT2D eigenvalue weighted by molar-refractivity contribution is -0.0594. The highest BCUT2D eigenvalue weighted by Gasteiger charge is 2.44. The lowest BCUT2D eigenvalue weighted by Gasteiger charge is -2.13. The van der Waals surface area contributed by atoms with Crippen molar-refractivity contribution in [2.24, 2.45) is 0 Å². The predicted molar refractivity (Wildman–Crippen MR) is 91.0 cm³/mol. The maximum absolute atomic E-state index is 12.1. The Balaban J connectivity index is 1.61. The number of imide groups is 1. The van der Waals surface area contributed by atoms with Crippen molar-refractivity contribution in [1.82, 2.24) is 20.3 Å². The lowest BCUT2D eigenvalue weighted by atomic mass is 10.1. The molecule has 2 aromatic rings. The second kappa shape index (κ2) is 7.98. The third-order valence-corrected chi connectivity index (χ3v) is 4.10. The van der Waals surface area contributed by atoms with Crippen molar-refractivity contribution in [2.75, 3.05) is 11.9 Å². The number of carbonyl (C=O) groups is 2. The van der Waals surface area contributed by atoms with Crippen molar-refractivity contribution in [3.05, 3.63) is 41.2 Å². The van der Waals surface area contributed by atoms with Gasteiger partial charge in [0.2, 0.25) is 0 Å². The molecule has 0 bridgehead atoms. The van der Waals surface area contributed by atoms with Gasteiger partial charge in [-0.2, -0.15) is 0 Å². The third kappa shape index (κ3) is 4.23. The van der Waals surface area contributed by atoms with Gasteiger partial charge in [0.25, 0.3) is 5.91 Å². The van der Waals surface area contributed by atoms with E-state index in [-0.39, 0.29) is 5.69 Å². The van der Waals surface area contributed by atoms with Gasteiger partial charge in [0.05, 0.1) is 12.8 Å². The molecule has 5 N–H and O–H groups in total. The van der Waals surface area contributed by atoms with E-state index in [1.807, 2.05) is 0 Å². The van der Waals surface area contributed by atoms with Crippen LogP contribution >= 0.6 is 11.6 Å². The topological polar surface area (TPSA) is 159 Å². The summed E-state index contributed by atoms with van der Waals surface area (Å²) >= 11 is 5.75. The second-order valence-corrected chi connectivity index (χ2v) is 6.16. The summed E-state index contributed by atoms with van der Waals surface area (Å²) in [7, 11) is 0. The summed E-state index contributed by atoms with van der Waals surface area (Å²) in [6.45, 7) is -0.498. The van der Waals surface area contributed by atoms with Crippen molar-refractivity contribution in [3.8, 4) is 0 Å². The Kier molecular flexibility index (Phi) is 5.68. The summed E-state index contributed by atoms with van der Waals surface area (Å²) in [6.07, 6.45) is -3.66.